The number of aromatic nitrogens is 3. The fourth-order valence-electron chi connectivity index (χ4n) is 2.76. The van der Waals surface area contributed by atoms with E-state index in [-0.39, 0.29) is 0 Å². The van der Waals surface area contributed by atoms with Crippen LogP contribution in [0.3, 0.4) is 0 Å². The third kappa shape index (κ3) is 3.01. The summed E-state index contributed by atoms with van der Waals surface area (Å²) in [7, 11) is 0. The highest BCUT2D eigenvalue weighted by Gasteiger charge is 2.11. The molecule has 0 fully saturated rings. The Bertz CT molecular complexity index is 913. The lowest BCUT2D eigenvalue weighted by Crippen LogP contribution is -2.25. The molecule has 0 spiro atoms. The van der Waals surface area contributed by atoms with Crippen molar-refractivity contribution in [2.24, 2.45) is 0 Å². The fourth-order valence-corrected chi connectivity index (χ4v) is 2.76. The molecular weight excluding hydrogens is 284 g/mol. The first-order valence-electron chi connectivity index (χ1n) is 7.63. The Kier molecular flexibility index (Phi) is 4.24. The molecule has 1 aromatic carbocycles. The minimum absolute atomic E-state index is 0.461. The second-order valence-corrected chi connectivity index (χ2v) is 5.46. The number of pyridine rings is 1. The summed E-state index contributed by atoms with van der Waals surface area (Å²) in [5, 5.41) is 8.58. The maximum atomic E-state index is 8.58. The Morgan fingerprint density at radius 1 is 1.13 bits per heavy atom. The molecule has 3 aromatic rings. The van der Waals surface area contributed by atoms with Gasteiger partial charge >= 0.3 is 0 Å². The predicted molar refractivity (Wildman–Crippen MR) is 93.1 cm³/mol. The van der Waals surface area contributed by atoms with E-state index in [0.717, 1.165) is 22.3 Å². The molecule has 23 heavy (non-hydrogen) atoms. The molecule has 0 saturated heterocycles. The molecule has 0 atom stereocenters. The molecule has 0 aliphatic heterocycles. The zero-order chi connectivity index (χ0) is 16.2. The summed E-state index contributed by atoms with van der Waals surface area (Å²) >= 11 is 0. The number of hydrogen-bond acceptors (Lipinski definition) is 2. The molecule has 116 valence electrons. The topological polar surface area (TPSA) is 46.6 Å². The summed E-state index contributed by atoms with van der Waals surface area (Å²) in [5.74, 6) is 0. The predicted octanol–water partition coefficient (Wildman–Crippen LogP) is 3.50. The number of para-hydroxylation sites is 2. The van der Waals surface area contributed by atoms with Crippen molar-refractivity contribution in [1.29, 1.82) is 5.41 Å². The van der Waals surface area contributed by atoms with Crippen LogP contribution < -0.4 is 5.62 Å². The first-order valence-corrected chi connectivity index (χ1v) is 7.63. The van der Waals surface area contributed by atoms with E-state index >= 15 is 0 Å². The number of fused-ring (bicyclic) bond motifs is 1. The number of imidazole rings is 1. The van der Waals surface area contributed by atoms with Crippen molar-refractivity contribution in [3.63, 3.8) is 0 Å². The van der Waals surface area contributed by atoms with Gasteiger partial charge in [0, 0.05) is 6.20 Å². The molecule has 4 nitrogen and oxygen atoms in total. The van der Waals surface area contributed by atoms with Crippen LogP contribution in [0.5, 0.6) is 0 Å². The number of nitrogens with one attached hydrogen (secondary N) is 1. The fraction of sp³-hybridized carbons (Fsp3) is 0.158. The maximum absolute atomic E-state index is 8.58. The normalized spacial score (nSPS) is 11.3. The van der Waals surface area contributed by atoms with Gasteiger partial charge in [-0.15, -0.1) is 0 Å². The molecular formula is C19H20N4. The van der Waals surface area contributed by atoms with Crippen LogP contribution in [-0.2, 0) is 13.1 Å². The largest absolute Gasteiger partial charge is 0.306 e. The number of benzene rings is 1. The molecule has 0 unspecified atom stereocenters. The standard InChI is InChI=1S/C19H20N4/c1-3-8-15(2)13-22-17-10-4-5-11-18(17)23(19(22)20)14-16-9-6-7-12-21-16/h3-12,20H,2,13-14H2,1H3. The summed E-state index contributed by atoms with van der Waals surface area (Å²) in [6.45, 7) is 7.24. The summed E-state index contributed by atoms with van der Waals surface area (Å²) in [6.07, 6.45) is 5.74. The molecule has 0 radical (unpaired) electrons. The van der Waals surface area contributed by atoms with Crippen LogP contribution >= 0.6 is 0 Å². The van der Waals surface area contributed by atoms with Gasteiger partial charge in [0.15, 0.2) is 0 Å². The minimum atomic E-state index is 0.461. The lowest BCUT2D eigenvalue weighted by atomic mass is 10.2. The van der Waals surface area contributed by atoms with Gasteiger partial charge in [-0.2, -0.15) is 0 Å². The van der Waals surface area contributed by atoms with Gasteiger partial charge < -0.3 is 9.13 Å². The Morgan fingerprint density at radius 2 is 1.83 bits per heavy atom. The zero-order valence-corrected chi connectivity index (χ0v) is 13.2. The van der Waals surface area contributed by atoms with Crippen molar-refractivity contribution in [2.45, 2.75) is 20.0 Å². The minimum Gasteiger partial charge on any atom is -0.306 e. The zero-order valence-electron chi connectivity index (χ0n) is 13.2. The molecule has 0 bridgehead atoms. The molecule has 4 heteroatoms. The average Bonchev–Trinajstić information content (AvgIpc) is 2.82. The smallest absolute Gasteiger partial charge is 0.203 e. The molecule has 2 aromatic heterocycles. The summed E-state index contributed by atoms with van der Waals surface area (Å²) in [6, 6.07) is 14.0. The maximum Gasteiger partial charge on any atom is 0.203 e. The van der Waals surface area contributed by atoms with Gasteiger partial charge in [0.25, 0.3) is 0 Å². The molecule has 0 aliphatic rings. The monoisotopic (exact) mass is 304 g/mol. The van der Waals surface area contributed by atoms with E-state index in [4.69, 9.17) is 5.41 Å². The van der Waals surface area contributed by atoms with Crippen LogP contribution in [0.25, 0.3) is 11.0 Å². The molecule has 1 N–H and O–H groups in total. The number of hydrogen-bond donors (Lipinski definition) is 1. The molecule has 0 saturated carbocycles. The van der Waals surface area contributed by atoms with Gasteiger partial charge in [-0.05, 0) is 36.8 Å². The van der Waals surface area contributed by atoms with Gasteiger partial charge in [0.1, 0.15) is 0 Å². The van der Waals surface area contributed by atoms with Crippen molar-refractivity contribution < 1.29 is 0 Å². The van der Waals surface area contributed by atoms with E-state index < -0.39 is 0 Å². The van der Waals surface area contributed by atoms with Crippen LogP contribution in [0, 0.1) is 5.41 Å². The van der Waals surface area contributed by atoms with E-state index in [9.17, 15) is 0 Å². The van der Waals surface area contributed by atoms with Crippen molar-refractivity contribution in [2.75, 3.05) is 0 Å². The second-order valence-electron chi connectivity index (χ2n) is 5.46. The lowest BCUT2D eigenvalue weighted by Gasteiger charge is -2.05. The number of nitrogens with zero attached hydrogens (tertiary/aromatic N) is 3. The van der Waals surface area contributed by atoms with E-state index in [1.54, 1.807) is 6.20 Å². The molecule has 0 amide bonds. The summed E-state index contributed by atoms with van der Waals surface area (Å²) in [4.78, 5) is 4.38. The van der Waals surface area contributed by atoms with Crippen molar-refractivity contribution in [3.05, 3.63) is 84.3 Å². The third-order valence-corrected chi connectivity index (χ3v) is 3.78. The van der Waals surface area contributed by atoms with Gasteiger partial charge in [0.05, 0.1) is 29.8 Å². The lowest BCUT2D eigenvalue weighted by molar-refractivity contribution is 0.657. The van der Waals surface area contributed by atoms with E-state index in [2.05, 4.69) is 11.6 Å². The van der Waals surface area contributed by atoms with Crippen LogP contribution in [0.4, 0.5) is 0 Å². The number of allylic oxidation sites excluding steroid dienone is 3. The SMILES string of the molecule is C=C(C=CC)Cn1c(=N)n(Cc2ccccn2)c2ccccc21. The third-order valence-electron chi connectivity index (χ3n) is 3.78. The first kappa shape index (κ1) is 15.0. The molecule has 0 aliphatic carbocycles. The average molecular weight is 304 g/mol. The van der Waals surface area contributed by atoms with Crippen molar-refractivity contribution >= 4 is 11.0 Å². The van der Waals surface area contributed by atoms with E-state index in [1.165, 1.54) is 0 Å². The summed E-state index contributed by atoms with van der Waals surface area (Å²) < 4.78 is 3.97. The molecule has 2 heterocycles. The van der Waals surface area contributed by atoms with Gasteiger partial charge in [-0.3, -0.25) is 10.4 Å². The van der Waals surface area contributed by atoms with Crippen LogP contribution in [0.1, 0.15) is 12.6 Å². The first-order chi connectivity index (χ1) is 11.2. The van der Waals surface area contributed by atoms with Gasteiger partial charge in [-0.1, -0.05) is 36.9 Å². The molecule has 3 rings (SSSR count). The second kappa shape index (κ2) is 6.48. The Morgan fingerprint density at radius 3 is 2.48 bits per heavy atom. The van der Waals surface area contributed by atoms with E-state index in [0.29, 0.717) is 18.7 Å². The van der Waals surface area contributed by atoms with Crippen LogP contribution in [0.15, 0.2) is 73.0 Å². The Labute approximate surface area is 135 Å². The number of rotatable bonds is 5. The van der Waals surface area contributed by atoms with Crippen molar-refractivity contribution in [1.82, 2.24) is 14.1 Å². The van der Waals surface area contributed by atoms with Crippen LogP contribution in [0.2, 0.25) is 0 Å². The highest BCUT2D eigenvalue weighted by Crippen LogP contribution is 2.15. The Balaban J connectivity index is 2.10. The summed E-state index contributed by atoms with van der Waals surface area (Å²) in [5.41, 5.74) is 4.46. The highest BCUT2D eigenvalue weighted by molar-refractivity contribution is 5.76. The quantitative estimate of drug-likeness (QED) is 0.721. The van der Waals surface area contributed by atoms with Crippen molar-refractivity contribution in [3.8, 4) is 0 Å². The van der Waals surface area contributed by atoms with Gasteiger partial charge in [0.2, 0.25) is 5.62 Å². The van der Waals surface area contributed by atoms with Crippen LogP contribution in [-0.4, -0.2) is 14.1 Å². The van der Waals surface area contributed by atoms with E-state index in [1.807, 2.05) is 70.7 Å². The highest BCUT2D eigenvalue weighted by atomic mass is 15.2. The van der Waals surface area contributed by atoms with Gasteiger partial charge in [-0.25, -0.2) is 0 Å². The Hall–Kier alpha value is -2.88.